The molecule has 0 atom stereocenters. The molecule has 1 saturated heterocycles. The number of aromatic amines is 1. The highest BCUT2D eigenvalue weighted by Crippen LogP contribution is 2.22. The highest BCUT2D eigenvalue weighted by Gasteiger charge is 2.20. The fourth-order valence-corrected chi connectivity index (χ4v) is 4.35. The Morgan fingerprint density at radius 3 is 2.83 bits per heavy atom. The SMILES string of the molecule is O=C(Nc1cccc(CCCN2CCOCC2)c1)c1n[nH]c2c1CCCCCC2. The number of nitrogens with zero attached hydrogens (tertiary/aromatic N) is 2. The van der Waals surface area contributed by atoms with Crippen LogP contribution in [-0.4, -0.2) is 53.9 Å². The van der Waals surface area contributed by atoms with E-state index in [9.17, 15) is 4.79 Å². The number of H-pyrrole nitrogens is 1. The second kappa shape index (κ2) is 10.0. The molecule has 0 radical (unpaired) electrons. The standard InChI is InChI=1S/C23H32N4O2/c28-23(22-20-10-3-1-2-4-11-21(20)25-26-22)24-19-9-5-7-18(17-19)8-6-12-27-13-15-29-16-14-27/h5,7,9,17H,1-4,6,8,10-16H2,(H,24,28)(H,25,26). The number of anilines is 1. The Balaban J connectivity index is 1.34. The van der Waals surface area contributed by atoms with Crippen molar-refractivity contribution in [3.8, 4) is 0 Å². The number of carbonyl (C=O) groups excluding carboxylic acids is 1. The molecule has 29 heavy (non-hydrogen) atoms. The van der Waals surface area contributed by atoms with Gasteiger partial charge in [0.1, 0.15) is 0 Å². The summed E-state index contributed by atoms with van der Waals surface area (Å²) in [6.45, 7) is 4.85. The van der Waals surface area contributed by atoms with Crippen LogP contribution in [-0.2, 0) is 24.0 Å². The molecular formula is C23H32N4O2. The monoisotopic (exact) mass is 396 g/mol. The van der Waals surface area contributed by atoms with E-state index in [1.54, 1.807) is 0 Å². The third-order valence-corrected chi connectivity index (χ3v) is 6.00. The van der Waals surface area contributed by atoms with Gasteiger partial charge in [-0.15, -0.1) is 0 Å². The average molecular weight is 397 g/mol. The molecule has 1 amide bonds. The predicted molar refractivity (Wildman–Crippen MR) is 114 cm³/mol. The van der Waals surface area contributed by atoms with Crippen molar-refractivity contribution in [3.63, 3.8) is 0 Å². The lowest BCUT2D eigenvalue weighted by molar-refractivity contribution is 0.0375. The lowest BCUT2D eigenvalue weighted by atomic mass is 9.97. The fraction of sp³-hybridized carbons (Fsp3) is 0.565. The second-order valence-corrected chi connectivity index (χ2v) is 8.16. The van der Waals surface area contributed by atoms with Gasteiger partial charge in [-0.1, -0.05) is 25.0 Å². The minimum Gasteiger partial charge on any atom is -0.379 e. The molecule has 2 aliphatic rings. The van der Waals surface area contributed by atoms with Crippen LogP contribution >= 0.6 is 0 Å². The topological polar surface area (TPSA) is 70.2 Å². The predicted octanol–water partition coefficient (Wildman–Crippen LogP) is 3.59. The van der Waals surface area contributed by atoms with Gasteiger partial charge in [-0.3, -0.25) is 14.8 Å². The van der Waals surface area contributed by atoms with Gasteiger partial charge in [0.2, 0.25) is 0 Å². The van der Waals surface area contributed by atoms with E-state index in [2.05, 4.69) is 32.5 Å². The summed E-state index contributed by atoms with van der Waals surface area (Å²) in [7, 11) is 0. The molecule has 6 heteroatoms. The number of ether oxygens (including phenoxy) is 1. The fourth-order valence-electron chi connectivity index (χ4n) is 4.35. The molecule has 2 N–H and O–H groups in total. The highest BCUT2D eigenvalue weighted by molar-refractivity contribution is 6.04. The maximum Gasteiger partial charge on any atom is 0.276 e. The van der Waals surface area contributed by atoms with Crippen LogP contribution in [0.2, 0.25) is 0 Å². The number of aromatic nitrogens is 2. The maximum absolute atomic E-state index is 12.9. The zero-order valence-corrected chi connectivity index (χ0v) is 17.2. The Morgan fingerprint density at radius 2 is 1.97 bits per heavy atom. The van der Waals surface area contributed by atoms with Crippen molar-refractivity contribution >= 4 is 11.6 Å². The van der Waals surface area contributed by atoms with Crippen LogP contribution in [0.15, 0.2) is 24.3 Å². The van der Waals surface area contributed by atoms with Crippen molar-refractivity contribution in [3.05, 3.63) is 46.8 Å². The van der Waals surface area contributed by atoms with Gasteiger partial charge >= 0.3 is 0 Å². The van der Waals surface area contributed by atoms with Crippen molar-refractivity contribution in [2.45, 2.75) is 51.4 Å². The molecule has 0 unspecified atom stereocenters. The van der Waals surface area contributed by atoms with Crippen LogP contribution in [0.3, 0.4) is 0 Å². The summed E-state index contributed by atoms with van der Waals surface area (Å²) < 4.78 is 5.41. The van der Waals surface area contributed by atoms with E-state index >= 15 is 0 Å². The summed E-state index contributed by atoms with van der Waals surface area (Å²) in [5.41, 5.74) is 4.94. The van der Waals surface area contributed by atoms with Gasteiger partial charge in [0.05, 0.1) is 13.2 Å². The summed E-state index contributed by atoms with van der Waals surface area (Å²) >= 11 is 0. The summed E-state index contributed by atoms with van der Waals surface area (Å²) in [4.78, 5) is 15.3. The van der Waals surface area contributed by atoms with Crippen molar-refractivity contribution < 1.29 is 9.53 Å². The van der Waals surface area contributed by atoms with E-state index in [-0.39, 0.29) is 5.91 Å². The summed E-state index contributed by atoms with van der Waals surface area (Å²) in [6, 6.07) is 8.21. The molecule has 1 aliphatic heterocycles. The first kappa shape index (κ1) is 20.1. The molecule has 1 aromatic carbocycles. The van der Waals surface area contributed by atoms with E-state index in [4.69, 9.17) is 4.74 Å². The van der Waals surface area contributed by atoms with Crippen LogP contribution in [0.4, 0.5) is 5.69 Å². The normalized spacial score (nSPS) is 17.9. The molecule has 4 rings (SSSR count). The molecule has 2 aromatic rings. The second-order valence-electron chi connectivity index (χ2n) is 8.16. The molecular weight excluding hydrogens is 364 g/mol. The average Bonchev–Trinajstić information content (AvgIpc) is 3.11. The first-order valence-electron chi connectivity index (χ1n) is 11.1. The van der Waals surface area contributed by atoms with Gasteiger partial charge in [-0.25, -0.2) is 0 Å². The lowest BCUT2D eigenvalue weighted by Gasteiger charge is -2.26. The molecule has 1 aromatic heterocycles. The molecule has 2 heterocycles. The van der Waals surface area contributed by atoms with E-state index in [1.165, 1.54) is 24.8 Å². The van der Waals surface area contributed by atoms with Gasteiger partial charge in [0.25, 0.3) is 5.91 Å². The molecule has 1 fully saturated rings. The van der Waals surface area contributed by atoms with Crippen LogP contribution in [0.5, 0.6) is 0 Å². The number of aryl methyl sites for hydroxylation is 2. The first-order chi connectivity index (χ1) is 14.3. The number of carbonyl (C=O) groups is 1. The van der Waals surface area contributed by atoms with Crippen LogP contribution in [0.25, 0.3) is 0 Å². The Hall–Kier alpha value is -2.18. The van der Waals surface area contributed by atoms with Gasteiger partial charge in [-0.2, -0.15) is 5.10 Å². The summed E-state index contributed by atoms with van der Waals surface area (Å²) in [5.74, 6) is -0.103. The Morgan fingerprint density at radius 1 is 1.14 bits per heavy atom. The zero-order valence-electron chi connectivity index (χ0n) is 17.2. The maximum atomic E-state index is 12.9. The minimum absolute atomic E-state index is 0.103. The largest absolute Gasteiger partial charge is 0.379 e. The Bertz CT molecular complexity index is 811. The van der Waals surface area contributed by atoms with Gasteiger partial charge in [0, 0.05) is 30.0 Å². The number of rotatable bonds is 6. The highest BCUT2D eigenvalue weighted by atomic mass is 16.5. The number of amides is 1. The molecule has 156 valence electrons. The number of hydrogen-bond donors (Lipinski definition) is 2. The van der Waals surface area contributed by atoms with Crippen molar-refractivity contribution in [1.29, 1.82) is 0 Å². The molecule has 0 spiro atoms. The summed E-state index contributed by atoms with van der Waals surface area (Å²) in [6.07, 6.45) is 8.86. The number of morpholine rings is 1. The quantitative estimate of drug-likeness (QED) is 0.783. The number of benzene rings is 1. The van der Waals surface area contributed by atoms with E-state index in [1.807, 2.05) is 12.1 Å². The number of fused-ring (bicyclic) bond motifs is 1. The molecule has 6 nitrogen and oxygen atoms in total. The minimum atomic E-state index is -0.103. The number of nitrogens with one attached hydrogen (secondary N) is 2. The van der Waals surface area contributed by atoms with Crippen LogP contribution in [0.1, 0.15) is 59.4 Å². The van der Waals surface area contributed by atoms with Crippen molar-refractivity contribution in [2.75, 3.05) is 38.2 Å². The zero-order chi connectivity index (χ0) is 19.9. The Kier molecular flexibility index (Phi) is 6.96. The van der Waals surface area contributed by atoms with E-state index < -0.39 is 0 Å². The van der Waals surface area contributed by atoms with Crippen LogP contribution in [0, 0.1) is 0 Å². The molecule has 0 saturated carbocycles. The first-order valence-corrected chi connectivity index (χ1v) is 11.1. The summed E-state index contributed by atoms with van der Waals surface area (Å²) in [5, 5.41) is 10.5. The van der Waals surface area contributed by atoms with Gasteiger partial charge in [-0.05, 0) is 62.8 Å². The van der Waals surface area contributed by atoms with E-state index in [0.29, 0.717) is 5.69 Å². The smallest absolute Gasteiger partial charge is 0.276 e. The number of hydrogen-bond acceptors (Lipinski definition) is 4. The third-order valence-electron chi connectivity index (χ3n) is 6.00. The Labute approximate surface area is 173 Å². The molecule has 0 bridgehead atoms. The van der Waals surface area contributed by atoms with Crippen molar-refractivity contribution in [1.82, 2.24) is 15.1 Å². The molecule has 1 aliphatic carbocycles. The van der Waals surface area contributed by atoms with Crippen LogP contribution < -0.4 is 5.32 Å². The van der Waals surface area contributed by atoms with Crippen molar-refractivity contribution in [2.24, 2.45) is 0 Å². The van der Waals surface area contributed by atoms with Gasteiger partial charge < -0.3 is 10.1 Å². The third kappa shape index (κ3) is 5.46. The van der Waals surface area contributed by atoms with Gasteiger partial charge in [0.15, 0.2) is 5.69 Å². The lowest BCUT2D eigenvalue weighted by Crippen LogP contribution is -2.36. The van der Waals surface area contributed by atoms with E-state index in [0.717, 1.165) is 81.9 Å².